The fourth-order valence-corrected chi connectivity index (χ4v) is 4.27. The van der Waals surface area contributed by atoms with Gasteiger partial charge in [0.15, 0.2) is 11.5 Å². The number of nitrogens with zero attached hydrogens (tertiary/aromatic N) is 1. The Kier molecular flexibility index (Phi) is 10.3. The monoisotopic (exact) mass is 517 g/mol. The summed E-state index contributed by atoms with van der Waals surface area (Å²) >= 11 is 5.95. The van der Waals surface area contributed by atoms with Crippen molar-refractivity contribution in [1.82, 2.24) is 15.5 Å². The van der Waals surface area contributed by atoms with Crippen molar-refractivity contribution in [2.75, 3.05) is 34.4 Å². The molecule has 2 amide bonds. The van der Waals surface area contributed by atoms with Gasteiger partial charge in [0.2, 0.25) is 11.7 Å². The highest BCUT2D eigenvalue weighted by Crippen LogP contribution is 2.39. The molecule has 3 rings (SSSR count). The molecule has 9 heteroatoms. The Morgan fingerprint density at radius 2 is 1.69 bits per heavy atom. The van der Waals surface area contributed by atoms with Crippen LogP contribution in [0.25, 0.3) is 0 Å². The highest BCUT2D eigenvalue weighted by Gasteiger charge is 2.26. The smallest absolute Gasteiger partial charge is 0.252 e. The average molecular weight is 518 g/mol. The van der Waals surface area contributed by atoms with Gasteiger partial charge in [-0.2, -0.15) is 0 Å². The Balaban J connectivity index is 1.71. The third kappa shape index (κ3) is 7.51. The Morgan fingerprint density at radius 1 is 1.08 bits per heavy atom. The maximum atomic E-state index is 13.2. The van der Waals surface area contributed by atoms with E-state index in [-0.39, 0.29) is 24.5 Å². The summed E-state index contributed by atoms with van der Waals surface area (Å²) in [4.78, 5) is 28.4. The van der Waals surface area contributed by atoms with Gasteiger partial charge in [-0.25, -0.2) is 0 Å². The van der Waals surface area contributed by atoms with Gasteiger partial charge in [-0.1, -0.05) is 37.1 Å². The first-order chi connectivity index (χ1) is 17.3. The van der Waals surface area contributed by atoms with Gasteiger partial charge < -0.3 is 29.7 Å². The molecule has 8 nitrogen and oxygen atoms in total. The van der Waals surface area contributed by atoms with Crippen LogP contribution >= 0.6 is 11.6 Å². The molecular formula is C27H36ClN3O5. The normalized spacial score (nSPS) is 15.1. The lowest BCUT2D eigenvalue weighted by atomic mass is 10.0. The van der Waals surface area contributed by atoms with Gasteiger partial charge in [0, 0.05) is 16.6 Å². The number of benzene rings is 2. The predicted molar refractivity (Wildman–Crippen MR) is 140 cm³/mol. The summed E-state index contributed by atoms with van der Waals surface area (Å²) < 4.78 is 17.0. The number of carbonyl (C=O) groups is 2. The van der Waals surface area contributed by atoms with Crippen LogP contribution in [0.3, 0.4) is 0 Å². The van der Waals surface area contributed by atoms with Crippen molar-refractivity contribution < 1.29 is 23.8 Å². The summed E-state index contributed by atoms with van der Waals surface area (Å²) in [6, 6.07) is 10.00. The molecule has 0 radical (unpaired) electrons. The van der Waals surface area contributed by atoms with E-state index in [1.54, 1.807) is 24.3 Å². The molecule has 0 unspecified atom stereocenters. The van der Waals surface area contributed by atoms with Crippen molar-refractivity contribution in [3.63, 3.8) is 0 Å². The topological polar surface area (TPSA) is 89.1 Å². The van der Waals surface area contributed by atoms with Crippen LogP contribution in [0.5, 0.6) is 17.2 Å². The molecule has 0 aromatic heterocycles. The van der Waals surface area contributed by atoms with E-state index >= 15 is 0 Å². The first-order valence-electron chi connectivity index (χ1n) is 12.3. The number of methoxy groups -OCH3 is 2. The highest BCUT2D eigenvalue weighted by molar-refractivity contribution is 6.30. The largest absolute Gasteiger partial charge is 0.493 e. The van der Waals surface area contributed by atoms with Crippen molar-refractivity contribution in [2.45, 2.75) is 51.3 Å². The molecular weight excluding hydrogens is 482 g/mol. The zero-order valence-corrected chi connectivity index (χ0v) is 22.2. The van der Waals surface area contributed by atoms with Crippen LogP contribution in [-0.4, -0.2) is 63.2 Å². The average Bonchev–Trinajstić information content (AvgIpc) is 2.88. The molecule has 0 aliphatic carbocycles. The van der Waals surface area contributed by atoms with E-state index in [1.807, 2.05) is 19.1 Å². The van der Waals surface area contributed by atoms with Crippen LogP contribution in [0.4, 0.5) is 0 Å². The number of hydrogen-bond acceptors (Lipinski definition) is 6. The number of carbonyl (C=O) groups excluding carboxylic acids is 2. The molecule has 1 fully saturated rings. The van der Waals surface area contributed by atoms with Crippen LogP contribution in [0, 0.1) is 0 Å². The number of nitrogens with one attached hydrogen (secondary N) is 2. The van der Waals surface area contributed by atoms with Gasteiger partial charge >= 0.3 is 0 Å². The zero-order valence-electron chi connectivity index (χ0n) is 21.4. The van der Waals surface area contributed by atoms with E-state index in [1.165, 1.54) is 14.2 Å². The van der Waals surface area contributed by atoms with Gasteiger partial charge in [0.1, 0.15) is 12.6 Å². The fraction of sp³-hybridized carbons (Fsp3) is 0.481. The summed E-state index contributed by atoms with van der Waals surface area (Å²) in [6.07, 6.45) is 3.11. The van der Waals surface area contributed by atoms with Crippen LogP contribution in [0.15, 0.2) is 36.4 Å². The summed E-state index contributed by atoms with van der Waals surface area (Å²) in [7, 11) is 5.08. The summed E-state index contributed by atoms with van der Waals surface area (Å²) in [5.41, 5.74) is 1.24. The van der Waals surface area contributed by atoms with Crippen molar-refractivity contribution in [1.29, 1.82) is 0 Å². The molecule has 0 bridgehead atoms. The van der Waals surface area contributed by atoms with E-state index < -0.39 is 6.04 Å². The van der Waals surface area contributed by atoms with Crippen molar-refractivity contribution >= 4 is 23.4 Å². The van der Waals surface area contributed by atoms with E-state index in [0.29, 0.717) is 34.3 Å². The number of piperidine rings is 1. The van der Waals surface area contributed by atoms with E-state index in [9.17, 15) is 9.59 Å². The second-order valence-corrected chi connectivity index (χ2v) is 9.46. The summed E-state index contributed by atoms with van der Waals surface area (Å²) in [5, 5.41) is 6.65. The Labute approximate surface area is 218 Å². The SMILES string of the molecule is CCC[C@H](NC(=O)c1cc(OC)c(OCc2ccc(Cl)cc2)c(OC)c1)C(=O)NC1CCN(C)CC1. The Morgan fingerprint density at radius 3 is 2.25 bits per heavy atom. The first kappa shape index (κ1) is 27.6. The van der Waals surface area contributed by atoms with E-state index in [4.69, 9.17) is 25.8 Å². The lowest BCUT2D eigenvalue weighted by Crippen LogP contribution is -2.51. The lowest BCUT2D eigenvalue weighted by Gasteiger charge is -2.30. The third-order valence-corrected chi connectivity index (χ3v) is 6.54. The number of likely N-dealkylation sites (tertiary alicyclic amines) is 1. The quantitative estimate of drug-likeness (QED) is 0.467. The fourth-order valence-electron chi connectivity index (χ4n) is 4.14. The van der Waals surface area contributed by atoms with Gasteiger partial charge in [0.05, 0.1) is 14.2 Å². The standard InChI is InChI=1S/C27H36ClN3O5/c1-5-6-22(27(33)29-21-11-13-31(2)14-12-21)30-26(32)19-15-23(34-3)25(24(16-19)35-4)36-17-18-7-9-20(28)10-8-18/h7-10,15-16,21-22H,5-6,11-14,17H2,1-4H3,(H,29,33)(H,30,32)/t22-/m0/s1. The number of halogens is 1. The molecule has 1 atom stereocenters. The van der Waals surface area contributed by atoms with Crippen LogP contribution < -0.4 is 24.8 Å². The molecule has 1 aliphatic heterocycles. The highest BCUT2D eigenvalue weighted by atomic mass is 35.5. The number of rotatable bonds is 11. The van der Waals surface area contributed by atoms with Gasteiger partial charge in [-0.15, -0.1) is 0 Å². The van der Waals surface area contributed by atoms with E-state index in [0.717, 1.165) is 37.9 Å². The molecule has 2 aromatic carbocycles. The molecule has 2 aromatic rings. The molecule has 2 N–H and O–H groups in total. The molecule has 0 spiro atoms. The minimum atomic E-state index is -0.625. The van der Waals surface area contributed by atoms with Crippen molar-refractivity contribution in [3.05, 3.63) is 52.5 Å². The van der Waals surface area contributed by atoms with Gasteiger partial charge in [-0.05, 0) is 69.2 Å². The predicted octanol–water partition coefficient (Wildman–Crippen LogP) is 4.05. The lowest BCUT2D eigenvalue weighted by molar-refractivity contribution is -0.124. The maximum Gasteiger partial charge on any atom is 0.252 e. The van der Waals surface area contributed by atoms with Crippen LogP contribution in [0.2, 0.25) is 5.02 Å². The number of amides is 2. The summed E-state index contributed by atoms with van der Waals surface area (Å²) in [5.74, 6) is 0.568. The first-order valence-corrected chi connectivity index (χ1v) is 12.6. The zero-order chi connectivity index (χ0) is 26.1. The second-order valence-electron chi connectivity index (χ2n) is 9.03. The van der Waals surface area contributed by atoms with Gasteiger partial charge in [-0.3, -0.25) is 9.59 Å². The van der Waals surface area contributed by atoms with Crippen molar-refractivity contribution in [2.24, 2.45) is 0 Å². The Bertz CT molecular complexity index is 998. The van der Waals surface area contributed by atoms with Crippen LogP contribution in [0.1, 0.15) is 48.5 Å². The molecule has 36 heavy (non-hydrogen) atoms. The minimum Gasteiger partial charge on any atom is -0.493 e. The number of ether oxygens (including phenoxy) is 3. The molecule has 1 saturated heterocycles. The molecule has 0 saturated carbocycles. The number of hydrogen-bond donors (Lipinski definition) is 2. The summed E-state index contributed by atoms with van der Waals surface area (Å²) in [6.45, 7) is 4.15. The van der Waals surface area contributed by atoms with Crippen LogP contribution in [-0.2, 0) is 11.4 Å². The minimum absolute atomic E-state index is 0.127. The maximum absolute atomic E-state index is 13.2. The van der Waals surface area contributed by atoms with E-state index in [2.05, 4.69) is 22.6 Å². The molecule has 1 heterocycles. The second kappa shape index (κ2) is 13.4. The van der Waals surface area contributed by atoms with Crippen molar-refractivity contribution in [3.8, 4) is 17.2 Å². The van der Waals surface area contributed by atoms with Gasteiger partial charge in [0.25, 0.3) is 5.91 Å². The molecule has 196 valence electrons. The Hall–Kier alpha value is -2.97. The third-order valence-electron chi connectivity index (χ3n) is 6.28. The molecule has 1 aliphatic rings.